The lowest BCUT2D eigenvalue weighted by atomic mass is 10.1. The van der Waals surface area contributed by atoms with Crippen LogP contribution >= 0.6 is 0 Å². The van der Waals surface area contributed by atoms with Crippen molar-refractivity contribution in [1.29, 1.82) is 0 Å². The molecule has 0 aliphatic heterocycles. The normalized spacial score (nSPS) is 12.2. The van der Waals surface area contributed by atoms with E-state index in [9.17, 15) is 0 Å². The van der Waals surface area contributed by atoms with Crippen LogP contribution in [0.3, 0.4) is 0 Å². The molecule has 15 aromatic rings. The standard InChI is InChI=1S/C60H36N4O2/c1-3-15-37(16-4-1)61(39-27-29-43-41-19-9-13-25-53(41)65-55(43)35-39)49-31-33-51-59-57(49)45-21-7-11-23-47(45)63(59)52-34-32-50(58-46-22-8-12-24-48(46)64(51)60(52)58)62(38-17-5-2-6-18-38)40-28-30-44-42-20-10-14-26-54(42)66-56(44)36-40/h1-36H. The van der Waals surface area contributed by atoms with E-state index in [4.69, 9.17) is 8.83 Å². The van der Waals surface area contributed by atoms with Crippen LogP contribution in [0.5, 0.6) is 0 Å². The predicted octanol–water partition coefficient (Wildman–Crippen LogP) is 17.0. The third-order valence-corrected chi connectivity index (χ3v) is 13.8. The lowest BCUT2D eigenvalue weighted by molar-refractivity contribution is 0.668. The third-order valence-electron chi connectivity index (χ3n) is 13.8. The summed E-state index contributed by atoms with van der Waals surface area (Å²) in [6.45, 7) is 0. The summed E-state index contributed by atoms with van der Waals surface area (Å²) in [5.74, 6) is 0. The molecule has 0 saturated heterocycles. The van der Waals surface area contributed by atoms with Crippen LogP contribution in [0.4, 0.5) is 34.1 Å². The summed E-state index contributed by atoms with van der Waals surface area (Å²) in [4.78, 5) is 4.78. The minimum atomic E-state index is 0.860. The topological polar surface area (TPSA) is 41.6 Å². The van der Waals surface area contributed by atoms with Crippen molar-refractivity contribution in [2.45, 2.75) is 0 Å². The number of para-hydroxylation sites is 6. The second kappa shape index (κ2) is 13.3. The minimum absolute atomic E-state index is 0.860. The molecule has 0 N–H and O–H groups in total. The summed E-state index contributed by atoms with van der Waals surface area (Å²) in [6, 6.07) is 78.2. The molecule has 6 nitrogen and oxygen atoms in total. The molecule has 0 radical (unpaired) electrons. The summed E-state index contributed by atoms with van der Waals surface area (Å²) in [5, 5.41) is 9.19. The van der Waals surface area contributed by atoms with Crippen LogP contribution in [0.25, 0.3) is 98.5 Å². The van der Waals surface area contributed by atoms with E-state index in [1.54, 1.807) is 0 Å². The van der Waals surface area contributed by atoms with Crippen LogP contribution in [-0.2, 0) is 0 Å². The lowest BCUT2D eigenvalue weighted by Crippen LogP contribution is -2.11. The highest BCUT2D eigenvalue weighted by Gasteiger charge is 2.28. The average molecular weight is 845 g/mol. The molecule has 308 valence electrons. The Labute approximate surface area is 376 Å². The fourth-order valence-corrected chi connectivity index (χ4v) is 11.1. The smallest absolute Gasteiger partial charge is 0.137 e. The van der Waals surface area contributed by atoms with Crippen molar-refractivity contribution in [3.8, 4) is 0 Å². The quantitative estimate of drug-likeness (QED) is 0.156. The number of rotatable bonds is 6. The molecule has 0 aliphatic carbocycles. The number of aromatic nitrogens is 2. The van der Waals surface area contributed by atoms with E-state index in [1.807, 2.05) is 24.3 Å². The minimum Gasteiger partial charge on any atom is -0.456 e. The van der Waals surface area contributed by atoms with Gasteiger partial charge < -0.3 is 27.4 Å². The average Bonchev–Trinajstić information content (AvgIpc) is 4.13. The molecule has 15 rings (SSSR count). The van der Waals surface area contributed by atoms with Gasteiger partial charge in [-0.25, -0.2) is 0 Å². The molecule has 0 bridgehead atoms. The van der Waals surface area contributed by atoms with Gasteiger partial charge in [0, 0.05) is 78.0 Å². The van der Waals surface area contributed by atoms with Gasteiger partial charge in [-0.3, -0.25) is 0 Å². The van der Waals surface area contributed by atoms with E-state index in [2.05, 4.69) is 213 Å². The molecule has 0 saturated carbocycles. The monoisotopic (exact) mass is 844 g/mol. The maximum absolute atomic E-state index is 6.50. The van der Waals surface area contributed by atoms with Gasteiger partial charge in [0.1, 0.15) is 22.3 Å². The Morgan fingerprint density at radius 3 is 1.11 bits per heavy atom. The molecular formula is C60H36N4O2. The van der Waals surface area contributed by atoms with Crippen molar-refractivity contribution >= 4 is 133 Å². The Bertz CT molecular complexity index is 4140. The number of hydrogen-bond acceptors (Lipinski definition) is 4. The Morgan fingerprint density at radius 1 is 0.273 bits per heavy atom. The van der Waals surface area contributed by atoms with Gasteiger partial charge in [0.15, 0.2) is 0 Å². The maximum Gasteiger partial charge on any atom is 0.137 e. The second-order valence-corrected chi connectivity index (χ2v) is 17.3. The van der Waals surface area contributed by atoms with Crippen LogP contribution in [-0.4, -0.2) is 8.80 Å². The summed E-state index contributed by atoms with van der Waals surface area (Å²) in [7, 11) is 0. The predicted molar refractivity (Wildman–Crippen MR) is 273 cm³/mol. The molecule has 0 spiro atoms. The fourth-order valence-electron chi connectivity index (χ4n) is 11.1. The number of fused-ring (bicyclic) bond motifs is 14. The van der Waals surface area contributed by atoms with Gasteiger partial charge in [-0.1, -0.05) is 109 Å². The summed E-state index contributed by atoms with van der Waals surface area (Å²) in [5.41, 5.74) is 16.8. The molecule has 0 amide bonds. The Kier molecular flexibility index (Phi) is 7.13. The van der Waals surface area contributed by atoms with Gasteiger partial charge in [-0.05, 0) is 97.1 Å². The van der Waals surface area contributed by atoms with E-state index in [1.165, 1.54) is 21.5 Å². The molecule has 0 atom stereocenters. The van der Waals surface area contributed by atoms with Crippen LogP contribution in [0.15, 0.2) is 227 Å². The number of furan rings is 2. The van der Waals surface area contributed by atoms with E-state index in [0.29, 0.717) is 0 Å². The first kappa shape index (κ1) is 35.5. The molecule has 5 aromatic heterocycles. The van der Waals surface area contributed by atoms with Gasteiger partial charge in [0.2, 0.25) is 0 Å². The summed E-state index contributed by atoms with van der Waals surface area (Å²) >= 11 is 0. The zero-order valence-electron chi connectivity index (χ0n) is 35.4. The molecular weight excluding hydrogens is 809 g/mol. The third kappa shape index (κ3) is 4.79. The molecule has 10 aromatic carbocycles. The Balaban J connectivity index is 1.04. The highest BCUT2D eigenvalue weighted by molar-refractivity contribution is 6.27. The molecule has 0 aliphatic rings. The fraction of sp³-hybridized carbons (Fsp3) is 0. The largest absolute Gasteiger partial charge is 0.456 e. The summed E-state index contributed by atoms with van der Waals surface area (Å²) in [6.07, 6.45) is 0. The SMILES string of the molecule is c1ccc(N(c2ccc3c(c2)oc2ccccc23)c2ccc3c4c2c2ccccc2n4c2ccc(N(c4ccccc4)c4ccc5c(c4)oc4ccccc45)c4c5ccccc5n3c42)cc1. The molecule has 66 heavy (non-hydrogen) atoms. The Morgan fingerprint density at radius 2 is 0.652 bits per heavy atom. The number of anilines is 6. The highest BCUT2D eigenvalue weighted by Crippen LogP contribution is 2.50. The van der Waals surface area contributed by atoms with Crippen molar-refractivity contribution in [2.75, 3.05) is 9.80 Å². The van der Waals surface area contributed by atoms with Crippen molar-refractivity contribution in [3.05, 3.63) is 218 Å². The Hall–Kier alpha value is -9.00. The lowest BCUT2D eigenvalue weighted by Gasteiger charge is -2.27. The first-order chi connectivity index (χ1) is 32.8. The van der Waals surface area contributed by atoms with Gasteiger partial charge in [-0.15, -0.1) is 0 Å². The zero-order valence-corrected chi connectivity index (χ0v) is 35.4. The summed E-state index contributed by atoms with van der Waals surface area (Å²) < 4.78 is 18.0. The van der Waals surface area contributed by atoms with Crippen molar-refractivity contribution in [2.24, 2.45) is 0 Å². The van der Waals surface area contributed by atoms with E-state index >= 15 is 0 Å². The van der Waals surface area contributed by atoms with Crippen molar-refractivity contribution in [3.63, 3.8) is 0 Å². The number of benzene rings is 10. The second-order valence-electron chi connectivity index (χ2n) is 17.3. The molecule has 5 heterocycles. The van der Waals surface area contributed by atoms with Gasteiger partial charge >= 0.3 is 0 Å². The van der Waals surface area contributed by atoms with Gasteiger partial charge in [-0.2, -0.15) is 0 Å². The van der Waals surface area contributed by atoms with E-state index in [-0.39, 0.29) is 0 Å². The van der Waals surface area contributed by atoms with Gasteiger partial charge in [0.05, 0.1) is 44.5 Å². The van der Waals surface area contributed by atoms with Crippen LogP contribution in [0, 0.1) is 0 Å². The van der Waals surface area contributed by atoms with Crippen LogP contribution in [0.2, 0.25) is 0 Å². The molecule has 0 unspecified atom stereocenters. The number of hydrogen-bond donors (Lipinski definition) is 0. The maximum atomic E-state index is 6.50. The van der Waals surface area contributed by atoms with Crippen LogP contribution in [0.1, 0.15) is 0 Å². The van der Waals surface area contributed by atoms with E-state index < -0.39 is 0 Å². The van der Waals surface area contributed by atoms with Crippen LogP contribution < -0.4 is 9.80 Å². The first-order valence-corrected chi connectivity index (χ1v) is 22.4. The molecule has 0 fully saturated rings. The van der Waals surface area contributed by atoms with Crippen molar-refractivity contribution in [1.82, 2.24) is 8.80 Å². The molecule has 6 heteroatoms. The zero-order chi connectivity index (χ0) is 43.0. The number of nitrogens with zero attached hydrogens (tertiary/aromatic N) is 4. The highest BCUT2D eigenvalue weighted by atomic mass is 16.3. The van der Waals surface area contributed by atoms with E-state index in [0.717, 1.165) is 111 Å². The first-order valence-electron chi connectivity index (χ1n) is 22.4. The van der Waals surface area contributed by atoms with Crippen molar-refractivity contribution < 1.29 is 8.83 Å². The van der Waals surface area contributed by atoms with Gasteiger partial charge in [0.25, 0.3) is 0 Å².